The first-order valence-corrected chi connectivity index (χ1v) is 9.38. The molecule has 21 heavy (non-hydrogen) atoms. The smallest absolute Gasteiger partial charge is 0.243 e. The van der Waals surface area contributed by atoms with Gasteiger partial charge in [0.05, 0.1) is 4.90 Å². The molecule has 0 amide bonds. The van der Waals surface area contributed by atoms with Gasteiger partial charge in [0.1, 0.15) is 0 Å². The van der Waals surface area contributed by atoms with Crippen LogP contribution in [0.3, 0.4) is 0 Å². The average Bonchev–Trinajstić information content (AvgIpc) is 2.45. The summed E-state index contributed by atoms with van der Waals surface area (Å²) in [5.74, 6) is 0. The van der Waals surface area contributed by atoms with Crippen LogP contribution in [-0.4, -0.2) is 32.4 Å². The molecule has 118 valence electrons. The summed E-state index contributed by atoms with van der Waals surface area (Å²) >= 11 is 0. The van der Waals surface area contributed by atoms with Crippen LogP contribution in [0.5, 0.6) is 0 Å². The van der Waals surface area contributed by atoms with Crippen LogP contribution >= 0.6 is 0 Å². The lowest BCUT2D eigenvalue weighted by molar-refractivity contribution is 0.364. The van der Waals surface area contributed by atoms with Crippen LogP contribution in [0.1, 0.15) is 44.6 Å². The second kappa shape index (κ2) is 7.92. The van der Waals surface area contributed by atoms with Crippen molar-refractivity contribution in [2.24, 2.45) is 0 Å². The van der Waals surface area contributed by atoms with E-state index in [2.05, 4.69) is 12.2 Å². The Morgan fingerprint density at radius 3 is 2.14 bits per heavy atom. The summed E-state index contributed by atoms with van der Waals surface area (Å²) in [6.45, 7) is 5.05. The maximum atomic E-state index is 12.7. The Morgan fingerprint density at radius 2 is 1.57 bits per heavy atom. The van der Waals surface area contributed by atoms with Crippen LogP contribution in [0.4, 0.5) is 0 Å². The third-order valence-electron chi connectivity index (χ3n) is 3.96. The van der Waals surface area contributed by atoms with Gasteiger partial charge in [0.2, 0.25) is 10.0 Å². The van der Waals surface area contributed by atoms with Gasteiger partial charge < -0.3 is 5.32 Å². The van der Waals surface area contributed by atoms with Gasteiger partial charge in [-0.25, -0.2) is 8.42 Å². The summed E-state index contributed by atoms with van der Waals surface area (Å²) < 4.78 is 27.0. The summed E-state index contributed by atoms with van der Waals surface area (Å²) in [7, 11) is -3.33. The van der Waals surface area contributed by atoms with Crippen LogP contribution in [0.2, 0.25) is 0 Å². The monoisotopic (exact) mass is 310 g/mol. The second-order valence-electron chi connectivity index (χ2n) is 5.60. The van der Waals surface area contributed by atoms with E-state index in [-0.39, 0.29) is 0 Å². The number of hydrogen-bond acceptors (Lipinski definition) is 3. The first-order valence-electron chi connectivity index (χ1n) is 7.94. The molecule has 0 atom stereocenters. The van der Waals surface area contributed by atoms with Gasteiger partial charge in [-0.1, -0.05) is 38.3 Å². The van der Waals surface area contributed by atoms with Gasteiger partial charge in [-0.2, -0.15) is 4.31 Å². The highest BCUT2D eigenvalue weighted by molar-refractivity contribution is 7.89. The number of nitrogens with one attached hydrogen (secondary N) is 1. The maximum absolute atomic E-state index is 12.7. The van der Waals surface area contributed by atoms with Crippen LogP contribution in [0.15, 0.2) is 29.2 Å². The first kappa shape index (κ1) is 16.5. The zero-order valence-electron chi connectivity index (χ0n) is 12.8. The van der Waals surface area contributed by atoms with Gasteiger partial charge in [-0.3, -0.25) is 0 Å². The zero-order valence-corrected chi connectivity index (χ0v) is 13.7. The predicted octanol–water partition coefficient (Wildman–Crippen LogP) is 2.75. The molecule has 0 unspecified atom stereocenters. The summed E-state index contributed by atoms with van der Waals surface area (Å²) in [5.41, 5.74) is 1.11. The van der Waals surface area contributed by atoms with Crippen molar-refractivity contribution in [2.75, 3.05) is 19.6 Å². The summed E-state index contributed by atoms with van der Waals surface area (Å²) in [6, 6.07) is 7.28. The molecule has 2 rings (SSSR count). The molecule has 1 aliphatic heterocycles. The Morgan fingerprint density at radius 1 is 1.00 bits per heavy atom. The number of sulfonamides is 1. The third-order valence-corrected chi connectivity index (χ3v) is 5.87. The Hall–Kier alpha value is -0.910. The van der Waals surface area contributed by atoms with Crippen molar-refractivity contribution < 1.29 is 8.42 Å². The minimum Gasteiger partial charge on any atom is -0.313 e. The number of nitrogens with zero attached hydrogens (tertiary/aromatic N) is 1. The molecule has 0 radical (unpaired) electrons. The minimum absolute atomic E-state index is 0.420. The maximum Gasteiger partial charge on any atom is 0.243 e. The topological polar surface area (TPSA) is 49.4 Å². The molecule has 1 aromatic carbocycles. The molecule has 1 fully saturated rings. The standard InChI is InChI=1S/C16H26N2O2S/c1-2-17-14-15-8-10-16(11-9-15)21(19,20)18-12-6-4-3-5-7-13-18/h8-11,17H,2-7,12-14H2,1H3. The Balaban J connectivity index is 2.10. The van der Waals surface area contributed by atoms with E-state index in [9.17, 15) is 8.42 Å². The lowest BCUT2D eigenvalue weighted by Gasteiger charge is -2.24. The van der Waals surface area contributed by atoms with E-state index >= 15 is 0 Å². The molecule has 0 aliphatic carbocycles. The van der Waals surface area contributed by atoms with Gasteiger partial charge in [-0.15, -0.1) is 0 Å². The molecular weight excluding hydrogens is 284 g/mol. The highest BCUT2D eigenvalue weighted by atomic mass is 32.2. The average molecular weight is 310 g/mol. The number of hydrogen-bond donors (Lipinski definition) is 1. The number of rotatable bonds is 5. The Labute approximate surface area is 128 Å². The van der Waals surface area contributed by atoms with Gasteiger partial charge >= 0.3 is 0 Å². The van der Waals surface area contributed by atoms with E-state index in [1.54, 1.807) is 16.4 Å². The molecule has 1 saturated heterocycles. The van der Waals surface area contributed by atoms with Crippen molar-refractivity contribution in [3.63, 3.8) is 0 Å². The second-order valence-corrected chi connectivity index (χ2v) is 7.53. The fourth-order valence-electron chi connectivity index (χ4n) is 2.66. The fourth-order valence-corrected chi connectivity index (χ4v) is 4.17. The molecule has 0 spiro atoms. The molecule has 0 bridgehead atoms. The van der Waals surface area contributed by atoms with Crippen molar-refractivity contribution in [1.29, 1.82) is 0 Å². The molecule has 1 aromatic rings. The first-order chi connectivity index (χ1) is 10.1. The van der Waals surface area contributed by atoms with Crippen molar-refractivity contribution >= 4 is 10.0 Å². The lowest BCUT2D eigenvalue weighted by Crippen LogP contribution is -2.33. The Bertz CT molecular complexity index is 518. The summed E-state index contributed by atoms with van der Waals surface area (Å²) in [6.07, 6.45) is 5.43. The summed E-state index contributed by atoms with van der Waals surface area (Å²) in [5, 5.41) is 3.24. The van der Waals surface area contributed by atoms with E-state index in [0.717, 1.165) is 44.3 Å². The third kappa shape index (κ3) is 4.53. The van der Waals surface area contributed by atoms with Crippen molar-refractivity contribution in [3.8, 4) is 0 Å². The quantitative estimate of drug-likeness (QED) is 0.910. The largest absolute Gasteiger partial charge is 0.313 e. The molecule has 0 aromatic heterocycles. The van der Waals surface area contributed by atoms with Gasteiger partial charge in [0.25, 0.3) is 0 Å². The van der Waals surface area contributed by atoms with Gasteiger partial charge in [-0.05, 0) is 37.1 Å². The van der Waals surface area contributed by atoms with Crippen LogP contribution < -0.4 is 5.32 Å². The molecular formula is C16H26N2O2S. The van der Waals surface area contributed by atoms with Crippen LogP contribution in [-0.2, 0) is 16.6 Å². The van der Waals surface area contributed by atoms with E-state index in [1.807, 2.05) is 12.1 Å². The minimum atomic E-state index is -3.33. The predicted molar refractivity (Wildman–Crippen MR) is 85.7 cm³/mol. The van der Waals surface area contributed by atoms with E-state index in [1.165, 1.54) is 6.42 Å². The van der Waals surface area contributed by atoms with Crippen LogP contribution in [0, 0.1) is 0 Å². The molecule has 1 heterocycles. The van der Waals surface area contributed by atoms with Crippen molar-refractivity contribution in [3.05, 3.63) is 29.8 Å². The Kier molecular flexibility index (Phi) is 6.21. The molecule has 5 heteroatoms. The highest BCUT2D eigenvalue weighted by Crippen LogP contribution is 2.20. The van der Waals surface area contributed by atoms with Crippen molar-refractivity contribution in [1.82, 2.24) is 9.62 Å². The van der Waals surface area contributed by atoms with Crippen LogP contribution in [0.25, 0.3) is 0 Å². The molecule has 1 N–H and O–H groups in total. The molecule has 0 saturated carbocycles. The highest BCUT2D eigenvalue weighted by Gasteiger charge is 2.24. The SMILES string of the molecule is CCNCc1ccc(S(=O)(=O)N2CCCCCCC2)cc1. The normalized spacial score (nSPS) is 18.1. The van der Waals surface area contributed by atoms with E-state index < -0.39 is 10.0 Å². The van der Waals surface area contributed by atoms with Crippen molar-refractivity contribution in [2.45, 2.75) is 50.5 Å². The van der Waals surface area contributed by atoms with E-state index in [0.29, 0.717) is 18.0 Å². The van der Waals surface area contributed by atoms with E-state index in [4.69, 9.17) is 0 Å². The number of benzene rings is 1. The lowest BCUT2D eigenvalue weighted by atomic mass is 10.1. The van der Waals surface area contributed by atoms with Gasteiger partial charge in [0, 0.05) is 19.6 Å². The molecule has 4 nitrogen and oxygen atoms in total. The zero-order chi connectivity index (χ0) is 15.1. The summed E-state index contributed by atoms with van der Waals surface area (Å²) in [4.78, 5) is 0.420. The molecule has 1 aliphatic rings. The fraction of sp³-hybridized carbons (Fsp3) is 0.625. The van der Waals surface area contributed by atoms with Gasteiger partial charge in [0.15, 0.2) is 0 Å².